The second-order valence-electron chi connectivity index (χ2n) is 22.9. The van der Waals surface area contributed by atoms with Gasteiger partial charge in [-0.05, 0) is 193 Å². The van der Waals surface area contributed by atoms with Crippen molar-refractivity contribution in [2.24, 2.45) is 0 Å². The van der Waals surface area contributed by atoms with Crippen molar-refractivity contribution in [2.45, 2.75) is 33.1 Å². The van der Waals surface area contributed by atoms with E-state index in [2.05, 4.69) is 13.8 Å². The Morgan fingerprint density at radius 2 is 0.527 bits per heavy atom. The molecule has 0 aliphatic carbocycles. The lowest BCUT2D eigenvalue weighted by Gasteiger charge is -2.26. The summed E-state index contributed by atoms with van der Waals surface area (Å²) in [4.78, 5) is 106. The smallest absolute Gasteiger partial charge is 0.266 e. The van der Waals surface area contributed by atoms with Crippen molar-refractivity contribution in [1.29, 1.82) is 0 Å². The lowest BCUT2D eigenvalue weighted by Crippen LogP contribution is -2.29. The Morgan fingerprint density at radius 3 is 0.835 bits per heavy atom. The van der Waals surface area contributed by atoms with Gasteiger partial charge in [0.25, 0.3) is 47.3 Å². The number of amides is 8. The van der Waals surface area contributed by atoms with E-state index in [0.29, 0.717) is 102 Å². The summed E-state index contributed by atoms with van der Waals surface area (Å²) < 4.78 is 24.1. The first-order chi connectivity index (χ1) is 43.8. The van der Waals surface area contributed by atoms with E-state index in [0.717, 1.165) is 43.2 Å². The van der Waals surface area contributed by atoms with Crippen LogP contribution in [0.4, 0.5) is 11.4 Å². The first-order valence-electron chi connectivity index (χ1n) is 29.0. The molecule has 0 atom stereocenters. The number of aryl methyl sites for hydroxylation is 2. The van der Waals surface area contributed by atoms with E-state index in [4.69, 9.17) is 18.9 Å². The first-order valence-corrected chi connectivity index (χ1v) is 29.0. The maximum absolute atomic E-state index is 13.2. The average Bonchev–Trinajstić information content (AvgIpc) is 1.73. The summed E-state index contributed by atoms with van der Waals surface area (Å²) in [6, 6.07) is 64.7. The van der Waals surface area contributed by atoms with Crippen LogP contribution in [-0.2, 0) is 5.41 Å². The minimum Gasteiger partial charge on any atom is -0.457 e. The molecule has 0 fully saturated rings. The first kappa shape index (κ1) is 58.0. The van der Waals surface area contributed by atoms with E-state index in [1.54, 1.807) is 84.9 Å². The van der Waals surface area contributed by atoms with E-state index in [9.17, 15) is 38.4 Å². The molecule has 0 radical (unpaired) electrons. The summed E-state index contributed by atoms with van der Waals surface area (Å²) in [5, 5.41) is 0. The summed E-state index contributed by atoms with van der Waals surface area (Å²) in [6.45, 7) is 8.08. The third kappa shape index (κ3) is 10.8. The van der Waals surface area contributed by atoms with Gasteiger partial charge in [-0.25, -0.2) is 9.80 Å². The average molecular weight is 1200 g/mol. The molecule has 0 aromatic heterocycles. The molecule has 14 rings (SSSR count). The predicted molar refractivity (Wildman–Crippen MR) is 340 cm³/mol. The molecule has 4 aliphatic heterocycles. The highest BCUT2D eigenvalue weighted by Gasteiger charge is 2.39. The maximum atomic E-state index is 13.2. The van der Waals surface area contributed by atoms with E-state index in [-0.39, 0.29) is 52.7 Å². The van der Waals surface area contributed by atoms with Crippen LogP contribution >= 0.6 is 0 Å². The van der Waals surface area contributed by atoms with Gasteiger partial charge < -0.3 is 18.9 Å². The standard InChI is InChI=1S/C39H30N2O6.C36H24N2O6/c1-23-6-5-7-26(20-23)41-37(44)32-19-17-30(22-34(32)38(41)45)47-28-14-10-25(11-15-28)39(2,3)24-8-12-27(13-9-24)46-29-16-18-31-33(21-29)36(43)40(4)35(31)42;1-21-4-3-5-24(18-21)38-35(41)30-17-15-28(20-32(30)36(38)42)44-26-12-8-23(9-13-26)22-6-10-25(11-7-22)43-27-14-16-29-31(19-27)34(40)37(2)33(29)39/h5-22H,1-4H3;3-20H,1-2H3. The molecule has 0 bridgehead atoms. The highest BCUT2D eigenvalue weighted by Crippen LogP contribution is 2.39. The molecule has 16 heteroatoms. The van der Waals surface area contributed by atoms with Crippen molar-refractivity contribution in [1.82, 2.24) is 9.80 Å². The predicted octanol–water partition coefficient (Wildman–Crippen LogP) is 15.2. The van der Waals surface area contributed by atoms with Crippen LogP contribution in [0.15, 0.2) is 218 Å². The second kappa shape index (κ2) is 22.9. The van der Waals surface area contributed by atoms with Crippen LogP contribution in [-0.4, -0.2) is 71.2 Å². The zero-order chi connectivity index (χ0) is 63.6. The molecule has 10 aromatic carbocycles. The highest BCUT2D eigenvalue weighted by molar-refractivity contribution is 6.35. The Kier molecular flexibility index (Phi) is 14.6. The van der Waals surface area contributed by atoms with Crippen molar-refractivity contribution in [3.8, 4) is 57.1 Å². The topological polar surface area (TPSA) is 186 Å². The number of rotatable bonds is 13. The van der Waals surface area contributed by atoms with Gasteiger partial charge in [0.2, 0.25) is 0 Å². The zero-order valence-corrected chi connectivity index (χ0v) is 50.0. The van der Waals surface area contributed by atoms with E-state index >= 15 is 0 Å². The molecule has 0 N–H and O–H groups in total. The van der Waals surface area contributed by atoms with Crippen molar-refractivity contribution < 1.29 is 57.3 Å². The number of fused-ring (bicyclic) bond motifs is 4. The molecule has 8 amide bonds. The number of imide groups is 4. The van der Waals surface area contributed by atoms with Crippen LogP contribution in [0.3, 0.4) is 0 Å². The van der Waals surface area contributed by atoms with Gasteiger partial charge in [-0.1, -0.05) is 86.6 Å². The monoisotopic (exact) mass is 1200 g/mol. The Hall–Kier alpha value is -12.0. The molecule has 0 unspecified atom stereocenters. The van der Waals surface area contributed by atoms with Gasteiger partial charge in [0.1, 0.15) is 46.0 Å². The van der Waals surface area contributed by atoms with Gasteiger partial charge in [0, 0.05) is 19.5 Å². The van der Waals surface area contributed by atoms with Crippen molar-refractivity contribution in [3.63, 3.8) is 0 Å². The molecule has 0 saturated heterocycles. The van der Waals surface area contributed by atoms with Crippen molar-refractivity contribution in [2.75, 3.05) is 23.9 Å². The number of anilines is 2. The van der Waals surface area contributed by atoms with Gasteiger partial charge in [-0.3, -0.25) is 48.2 Å². The number of nitrogens with zero attached hydrogens (tertiary/aromatic N) is 4. The Morgan fingerprint density at radius 1 is 0.275 bits per heavy atom. The summed E-state index contributed by atoms with van der Waals surface area (Å²) in [6.07, 6.45) is 0. The molecule has 4 aliphatic rings. The minimum absolute atomic E-state index is 0.306. The molecule has 16 nitrogen and oxygen atoms in total. The third-order valence-electron chi connectivity index (χ3n) is 16.5. The fourth-order valence-corrected chi connectivity index (χ4v) is 11.4. The number of hydrogen-bond acceptors (Lipinski definition) is 12. The van der Waals surface area contributed by atoms with Crippen molar-refractivity contribution in [3.05, 3.63) is 285 Å². The summed E-state index contributed by atoms with van der Waals surface area (Å²) in [5.74, 6) is 1.46. The van der Waals surface area contributed by atoms with Crippen LogP contribution < -0.4 is 28.7 Å². The molecule has 91 heavy (non-hydrogen) atoms. The second-order valence-corrected chi connectivity index (χ2v) is 22.9. The quantitative estimate of drug-likeness (QED) is 0.0996. The lowest BCUT2D eigenvalue weighted by atomic mass is 9.78. The third-order valence-corrected chi connectivity index (χ3v) is 16.5. The number of ether oxygens (including phenoxy) is 4. The van der Waals surface area contributed by atoms with Crippen molar-refractivity contribution >= 4 is 58.6 Å². The molecule has 0 spiro atoms. The van der Waals surface area contributed by atoms with Gasteiger partial charge in [-0.2, -0.15) is 0 Å². The van der Waals surface area contributed by atoms with Gasteiger partial charge in [0.15, 0.2) is 0 Å². The fraction of sp³-hybridized carbons (Fsp3) is 0.0933. The van der Waals surface area contributed by atoms with E-state index in [1.807, 2.05) is 147 Å². The molecule has 10 aromatic rings. The summed E-state index contributed by atoms with van der Waals surface area (Å²) in [5.41, 5.74) is 9.43. The Balaban J connectivity index is 0.000000167. The molecule has 0 saturated carbocycles. The van der Waals surface area contributed by atoms with Gasteiger partial charge in [-0.15, -0.1) is 0 Å². The summed E-state index contributed by atoms with van der Waals surface area (Å²) in [7, 11) is 2.93. The number of carbonyl (C=O) groups is 8. The number of benzene rings is 10. The van der Waals surface area contributed by atoms with E-state index < -0.39 is 0 Å². The Labute approximate surface area is 522 Å². The SMILES string of the molecule is Cc1cccc(N2C(=O)c3ccc(Oc4ccc(-c5ccc(Oc6ccc7c(c6)C(=O)N(C)C7=O)cc5)cc4)cc3C2=O)c1.Cc1cccc(N2C(=O)c3ccc(Oc4ccc(C(C)(C)c5ccc(Oc6ccc7c(c6)C(=O)N(C)C7=O)cc5)cc4)cc3C2=O)c1. The summed E-state index contributed by atoms with van der Waals surface area (Å²) >= 11 is 0. The highest BCUT2D eigenvalue weighted by atomic mass is 16.5. The van der Waals surface area contributed by atoms with Gasteiger partial charge >= 0.3 is 0 Å². The minimum atomic E-state index is -0.379. The zero-order valence-electron chi connectivity index (χ0n) is 50.0. The number of hydrogen-bond donors (Lipinski definition) is 0. The molecular weight excluding hydrogens is 1150 g/mol. The lowest BCUT2D eigenvalue weighted by molar-refractivity contribution is 0.0677. The van der Waals surface area contributed by atoms with Crippen LogP contribution in [0.1, 0.15) is 119 Å². The molecule has 4 heterocycles. The molecular formula is C75H54N4O12. The normalized spacial score (nSPS) is 13.9. The van der Waals surface area contributed by atoms with Crippen LogP contribution in [0.2, 0.25) is 0 Å². The van der Waals surface area contributed by atoms with Crippen LogP contribution in [0, 0.1) is 13.8 Å². The maximum Gasteiger partial charge on any atom is 0.266 e. The fourth-order valence-electron chi connectivity index (χ4n) is 11.4. The van der Waals surface area contributed by atoms with Crippen LogP contribution in [0.5, 0.6) is 46.0 Å². The van der Waals surface area contributed by atoms with Crippen LogP contribution in [0.25, 0.3) is 11.1 Å². The van der Waals surface area contributed by atoms with E-state index in [1.165, 1.54) is 23.9 Å². The largest absolute Gasteiger partial charge is 0.457 e. The van der Waals surface area contributed by atoms with Gasteiger partial charge in [0.05, 0.1) is 55.9 Å². The molecule has 446 valence electrons. The Bertz CT molecular complexity index is 4730. The number of carbonyl (C=O) groups excluding carboxylic acids is 8.